The number of nitrogens with zero attached hydrogens (tertiary/aromatic N) is 2. The van der Waals surface area contributed by atoms with Gasteiger partial charge < -0.3 is 0 Å². The third-order valence-corrected chi connectivity index (χ3v) is 8.67. The molecule has 1 N–H and O–H groups in total. The molecule has 0 bridgehead atoms. The Morgan fingerprint density at radius 3 is 1.67 bits per heavy atom. The van der Waals surface area contributed by atoms with Crippen molar-refractivity contribution in [2.45, 2.75) is 52.0 Å². The third-order valence-electron chi connectivity index (χ3n) is 5.80. The molecule has 5 heteroatoms. The minimum absolute atomic E-state index is 0.337. The highest BCUT2D eigenvalue weighted by atomic mass is 31.2. The van der Waals surface area contributed by atoms with Crippen LogP contribution in [0.4, 0.5) is 11.4 Å². The summed E-state index contributed by atoms with van der Waals surface area (Å²) >= 11 is 0. The molecule has 1 aliphatic carbocycles. The lowest BCUT2D eigenvalue weighted by atomic mass is 9.96. The van der Waals surface area contributed by atoms with Crippen LogP contribution in [0.15, 0.2) is 48.5 Å². The maximum Gasteiger partial charge on any atom is 0.333 e. The van der Waals surface area contributed by atoms with Gasteiger partial charge in [-0.3, -0.25) is 13.9 Å². The summed E-state index contributed by atoms with van der Waals surface area (Å²) in [5.41, 5.74) is 4.54. The predicted molar refractivity (Wildman–Crippen MR) is 115 cm³/mol. The van der Waals surface area contributed by atoms with Crippen LogP contribution in [0.1, 0.15) is 43.2 Å². The van der Waals surface area contributed by atoms with Gasteiger partial charge in [-0.15, -0.1) is 0 Å². The standard InChI is InChI=1S/C22H30N3OP/c1-18-8-12-21(13-9-18)24-16-17-25(22-14-10-19(2)11-15-22)27(24,26)23-20-6-4-3-5-7-20/h8-15,20H,3-7,16-17H2,1-2H3,(H,23,26). The summed E-state index contributed by atoms with van der Waals surface area (Å²) < 4.78 is 18.7. The van der Waals surface area contributed by atoms with Crippen LogP contribution in [0.25, 0.3) is 0 Å². The van der Waals surface area contributed by atoms with Crippen LogP contribution < -0.4 is 14.4 Å². The lowest BCUT2D eigenvalue weighted by molar-refractivity contribution is 0.411. The van der Waals surface area contributed by atoms with Crippen molar-refractivity contribution in [3.05, 3.63) is 59.7 Å². The molecule has 0 unspecified atom stereocenters. The van der Waals surface area contributed by atoms with Crippen molar-refractivity contribution in [1.82, 2.24) is 5.09 Å². The molecular formula is C22H30N3OP. The van der Waals surface area contributed by atoms with Gasteiger partial charge >= 0.3 is 7.59 Å². The fourth-order valence-electron chi connectivity index (χ4n) is 4.20. The zero-order valence-electron chi connectivity index (χ0n) is 16.4. The number of rotatable bonds is 4. The van der Waals surface area contributed by atoms with Crippen molar-refractivity contribution >= 4 is 19.0 Å². The highest BCUT2D eigenvalue weighted by Gasteiger charge is 2.44. The summed E-state index contributed by atoms with van der Waals surface area (Å²) in [6.45, 7) is 5.72. The quantitative estimate of drug-likeness (QED) is 0.691. The van der Waals surface area contributed by atoms with E-state index in [2.05, 4.69) is 76.8 Å². The SMILES string of the molecule is Cc1ccc(N2CCN(c3ccc(C)cc3)P2(=O)NC2CCCCC2)cc1. The fourth-order valence-corrected chi connectivity index (χ4v) is 7.09. The number of aryl methyl sites for hydroxylation is 2. The third kappa shape index (κ3) is 3.79. The highest BCUT2D eigenvalue weighted by molar-refractivity contribution is 7.65. The van der Waals surface area contributed by atoms with Crippen LogP contribution in [0.5, 0.6) is 0 Å². The van der Waals surface area contributed by atoms with Gasteiger partial charge in [-0.1, -0.05) is 54.7 Å². The van der Waals surface area contributed by atoms with Crippen molar-refractivity contribution in [1.29, 1.82) is 0 Å². The maximum atomic E-state index is 14.5. The van der Waals surface area contributed by atoms with Gasteiger partial charge in [0.05, 0.1) is 0 Å². The van der Waals surface area contributed by atoms with Crippen LogP contribution in [-0.2, 0) is 4.57 Å². The average Bonchev–Trinajstić information content (AvgIpc) is 3.00. The van der Waals surface area contributed by atoms with E-state index < -0.39 is 7.59 Å². The molecule has 2 aliphatic rings. The summed E-state index contributed by atoms with van der Waals surface area (Å²) in [5, 5.41) is 3.63. The first-order chi connectivity index (χ1) is 13.1. The van der Waals surface area contributed by atoms with Crippen molar-refractivity contribution in [2.24, 2.45) is 0 Å². The Balaban J connectivity index is 1.69. The lowest BCUT2D eigenvalue weighted by Crippen LogP contribution is -2.37. The number of hydrogen-bond acceptors (Lipinski definition) is 1. The average molecular weight is 383 g/mol. The van der Waals surface area contributed by atoms with Crippen LogP contribution in [0.2, 0.25) is 0 Å². The van der Waals surface area contributed by atoms with Gasteiger partial charge in [0.1, 0.15) is 0 Å². The first kappa shape index (κ1) is 18.6. The number of anilines is 2. The topological polar surface area (TPSA) is 35.6 Å². The van der Waals surface area contributed by atoms with Crippen molar-refractivity contribution in [2.75, 3.05) is 22.4 Å². The largest absolute Gasteiger partial charge is 0.333 e. The first-order valence-corrected chi connectivity index (χ1v) is 11.7. The van der Waals surface area contributed by atoms with E-state index in [0.29, 0.717) is 6.04 Å². The molecule has 1 saturated carbocycles. The van der Waals surface area contributed by atoms with Crippen molar-refractivity contribution in [3.8, 4) is 0 Å². The Hall–Kier alpha value is -1.77. The van der Waals surface area contributed by atoms with Gasteiger partial charge in [-0.25, -0.2) is 5.09 Å². The van der Waals surface area contributed by atoms with Crippen molar-refractivity contribution < 1.29 is 4.57 Å². The Morgan fingerprint density at radius 1 is 0.778 bits per heavy atom. The monoisotopic (exact) mass is 383 g/mol. The van der Waals surface area contributed by atoms with E-state index in [1.165, 1.54) is 30.4 Å². The molecule has 0 spiro atoms. The van der Waals surface area contributed by atoms with Crippen molar-refractivity contribution in [3.63, 3.8) is 0 Å². The summed E-state index contributed by atoms with van der Waals surface area (Å²) in [6, 6.07) is 17.2. The second-order valence-electron chi connectivity index (χ2n) is 7.93. The number of hydrogen-bond donors (Lipinski definition) is 1. The zero-order chi connectivity index (χ0) is 18.9. The Labute approximate surface area is 163 Å². The molecule has 2 fully saturated rings. The van der Waals surface area contributed by atoms with E-state index in [1.54, 1.807) is 0 Å². The summed E-state index contributed by atoms with van der Waals surface area (Å²) in [7, 11) is -2.92. The Morgan fingerprint density at radius 2 is 1.22 bits per heavy atom. The van der Waals surface area contributed by atoms with E-state index in [9.17, 15) is 4.57 Å². The van der Waals surface area contributed by atoms with Crippen LogP contribution in [-0.4, -0.2) is 19.1 Å². The molecule has 2 aromatic carbocycles. The highest BCUT2D eigenvalue weighted by Crippen LogP contribution is 2.57. The van der Waals surface area contributed by atoms with Gasteiger partial charge in [-0.05, 0) is 51.0 Å². The molecule has 2 aromatic rings. The van der Waals surface area contributed by atoms with Crippen LogP contribution in [0, 0.1) is 13.8 Å². The molecule has 4 rings (SSSR count). The minimum atomic E-state index is -2.92. The molecule has 1 saturated heterocycles. The smallest absolute Gasteiger partial charge is 0.293 e. The zero-order valence-corrected chi connectivity index (χ0v) is 17.3. The molecule has 1 aliphatic heterocycles. The normalized spacial score (nSPS) is 20.2. The molecule has 4 nitrogen and oxygen atoms in total. The molecule has 0 radical (unpaired) electrons. The summed E-state index contributed by atoms with van der Waals surface area (Å²) in [4.78, 5) is 0. The molecule has 0 atom stereocenters. The van der Waals surface area contributed by atoms with Gasteiger partial charge in [0.25, 0.3) is 0 Å². The van der Waals surface area contributed by atoms with E-state index >= 15 is 0 Å². The molecule has 0 aromatic heterocycles. The predicted octanol–water partition coefficient (Wildman–Crippen LogP) is 5.66. The van der Waals surface area contributed by atoms with Gasteiger partial charge in [-0.2, -0.15) is 0 Å². The maximum absolute atomic E-state index is 14.5. The van der Waals surface area contributed by atoms with Gasteiger partial charge in [0.2, 0.25) is 0 Å². The minimum Gasteiger partial charge on any atom is -0.293 e. The molecule has 1 heterocycles. The first-order valence-electron chi connectivity index (χ1n) is 10.1. The van der Waals surface area contributed by atoms with Crippen LogP contribution in [0.3, 0.4) is 0 Å². The van der Waals surface area contributed by atoms with Crippen LogP contribution >= 0.6 is 7.59 Å². The fraction of sp³-hybridized carbons (Fsp3) is 0.455. The second-order valence-corrected chi connectivity index (χ2v) is 10.2. The second kappa shape index (κ2) is 7.69. The number of nitrogens with one attached hydrogen (secondary N) is 1. The summed E-state index contributed by atoms with van der Waals surface area (Å²) in [5.74, 6) is 0. The molecule has 144 valence electrons. The van der Waals surface area contributed by atoms with E-state index in [1.807, 2.05) is 0 Å². The lowest BCUT2D eigenvalue weighted by Gasteiger charge is -2.36. The Kier molecular flexibility index (Phi) is 5.29. The van der Waals surface area contributed by atoms with E-state index in [0.717, 1.165) is 37.3 Å². The Bertz CT molecular complexity index is 755. The van der Waals surface area contributed by atoms with E-state index in [-0.39, 0.29) is 0 Å². The molecule has 27 heavy (non-hydrogen) atoms. The van der Waals surface area contributed by atoms with E-state index in [4.69, 9.17) is 0 Å². The summed E-state index contributed by atoms with van der Waals surface area (Å²) in [6.07, 6.45) is 5.99. The number of benzene rings is 2. The molecule has 0 amide bonds. The molecular weight excluding hydrogens is 353 g/mol. The van der Waals surface area contributed by atoms with Gasteiger partial charge in [0.15, 0.2) is 0 Å². The van der Waals surface area contributed by atoms with Gasteiger partial charge in [0, 0.05) is 30.5 Å².